The normalized spacial score (nSPS) is 16.6. The molecule has 0 bridgehead atoms. The summed E-state index contributed by atoms with van der Waals surface area (Å²) >= 11 is 8.01. The molecule has 2 saturated heterocycles. The van der Waals surface area contributed by atoms with Crippen molar-refractivity contribution < 1.29 is 23.8 Å². The largest absolute Gasteiger partial charge is 0.464 e. The van der Waals surface area contributed by atoms with Crippen LogP contribution in [0.15, 0.2) is 48.5 Å². The Morgan fingerprint density at radius 3 is 2.27 bits per heavy atom. The molecule has 1 atom stereocenters. The number of thiazole rings is 1. The minimum atomic E-state index is -0.942. The van der Waals surface area contributed by atoms with Crippen LogP contribution in [-0.4, -0.2) is 112 Å². The van der Waals surface area contributed by atoms with Crippen LogP contribution < -0.4 is 0 Å². The van der Waals surface area contributed by atoms with Crippen molar-refractivity contribution in [2.75, 3.05) is 53.4 Å². The second-order valence-electron chi connectivity index (χ2n) is 18.2. The van der Waals surface area contributed by atoms with E-state index in [2.05, 4.69) is 52.8 Å². The van der Waals surface area contributed by atoms with Crippen molar-refractivity contribution in [3.63, 3.8) is 0 Å². The van der Waals surface area contributed by atoms with Crippen LogP contribution in [0.4, 0.5) is 4.79 Å². The number of aryl methyl sites for hydroxylation is 1. The molecule has 0 spiro atoms. The Kier molecular flexibility index (Phi) is 12.5. The van der Waals surface area contributed by atoms with Crippen molar-refractivity contribution in [2.45, 2.75) is 104 Å². The van der Waals surface area contributed by atoms with Crippen molar-refractivity contribution in [1.82, 2.24) is 29.5 Å². The molecule has 0 N–H and O–H groups in total. The summed E-state index contributed by atoms with van der Waals surface area (Å²) in [6.07, 6.45) is 0.828. The predicted molar refractivity (Wildman–Crippen MR) is 237 cm³/mol. The van der Waals surface area contributed by atoms with Gasteiger partial charge in [0.05, 0.1) is 40.2 Å². The van der Waals surface area contributed by atoms with Gasteiger partial charge in [0.25, 0.3) is 0 Å². The molecule has 2 fully saturated rings. The van der Waals surface area contributed by atoms with Gasteiger partial charge in [0, 0.05) is 58.7 Å². The van der Waals surface area contributed by atoms with Gasteiger partial charge in [0.2, 0.25) is 0 Å². The summed E-state index contributed by atoms with van der Waals surface area (Å²) in [5, 5.41) is 8.00. The number of nitrogens with zero attached hydrogens (tertiary/aromatic N) is 6. The zero-order valence-corrected chi connectivity index (χ0v) is 37.8. The number of amides is 1. The molecule has 0 saturated carbocycles. The van der Waals surface area contributed by atoms with Gasteiger partial charge in [-0.1, -0.05) is 23.7 Å². The van der Waals surface area contributed by atoms with Crippen LogP contribution in [0.25, 0.3) is 42.8 Å². The number of ether oxygens (including phenoxy) is 3. The number of fused-ring (bicyclic) bond motifs is 2. The van der Waals surface area contributed by atoms with Crippen LogP contribution in [0.3, 0.4) is 0 Å². The molecule has 0 aliphatic carbocycles. The number of rotatable bonds is 11. The molecule has 1 amide bonds. The Hall–Kier alpha value is -4.07. The summed E-state index contributed by atoms with van der Waals surface area (Å²) in [4.78, 5) is 38.1. The average Bonchev–Trinajstić information content (AvgIpc) is 3.73. The lowest BCUT2D eigenvalue weighted by atomic mass is 9.90. The lowest BCUT2D eigenvalue weighted by Crippen LogP contribution is -2.62. The number of likely N-dealkylation sites (tertiary alicyclic amines) is 2. The van der Waals surface area contributed by atoms with E-state index in [1.165, 1.54) is 0 Å². The maximum absolute atomic E-state index is 13.7. The summed E-state index contributed by atoms with van der Waals surface area (Å²) in [5.41, 5.74) is 6.52. The number of hydrogen-bond donors (Lipinski definition) is 0. The van der Waals surface area contributed by atoms with Crippen molar-refractivity contribution >= 4 is 56.1 Å². The third-order valence-electron chi connectivity index (χ3n) is 11.0. The molecule has 5 aromatic rings. The van der Waals surface area contributed by atoms with Gasteiger partial charge in [-0.2, -0.15) is 5.10 Å². The molecule has 11 nitrogen and oxygen atoms in total. The first-order chi connectivity index (χ1) is 27.9. The molecule has 59 heavy (non-hydrogen) atoms. The Balaban J connectivity index is 1.24. The van der Waals surface area contributed by atoms with E-state index in [4.69, 9.17) is 35.9 Å². The highest BCUT2D eigenvalue weighted by Crippen LogP contribution is 2.45. The first-order valence-electron chi connectivity index (χ1n) is 20.8. The minimum Gasteiger partial charge on any atom is -0.464 e. The SMILES string of the molecule is CCOC(=O)[C@@H](OC(C)(C)C)c1c(C)cc2nc(-c3ccc4c(c3)c(C3CCN(C5CN(C(=O)OC(C)(C)C)C5)CC3)nn4CCN(C)C)sc2c1-c1ccc(Cl)cc1. The predicted octanol–water partition coefficient (Wildman–Crippen LogP) is 9.72. The topological polar surface area (TPSA) is 102 Å². The molecule has 13 heteroatoms. The van der Waals surface area contributed by atoms with Gasteiger partial charge in [-0.3, -0.25) is 9.58 Å². The number of halogens is 1. The third-order valence-corrected chi connectivity index (χ3v) is 12.4. The van der Waals surface area contributed by atoms with E-state index in [0.29, 0.717) is 30.1 Å². The maximum atomic E-state index is 13.7. The number of carbonyl (C=O) groups is 2. The van der Waals surface area contributed by atoms with Crippen LogP contribution in [0.5, 0.6) is 0 Å². The van der Waals surface area contributed by atoms with E-state index in [1.54, 1.807) is 11.3 Å². The number of aromatic nitrogens is 3. The summed E-state index contributed by atoms with van der Waals surface area (Å²) in [6, 6.07) is 16.8. The van der Waals surface area contributed by atoms with E-state index in [0.717, 1.165) is 98.7 Å². The van der Waals surface area contributed by atoms with E-state index in [1.807, 2.05) is 84.6 Å². The Morgan fingerprint density at radius 2 is 1.64 bits per heavy atom. The average molecular weight is 844 g/mol. The number of esters is 1. The number of carbonyl (C=O) groups excluding carboxylic acids is 2. The van der Waals surface area contributed by atoms with Gasteiger partial charge < -0.3 is 24.0 Å². The molecule has 2 aromatic heterocycles. The molecule has 2 aliphatic rings. The number of piperidine rings is 1. The van der Waals surface area contributed by atoms with Crippen molar-refractivity contribution in [3.8, 4) is 21.7 Å². The van der Waals surface area contributed by atoms with Crippen molar-refractivity contribution in [3.05, 3.63) is 70.4 Å². The summed E-state index contributed by atoms with van der Waals surface area (Å²) in [7, 11) is 4.18. The second-order valence-corrected chi connectivity index (χ2v) is 19.6. The standard InChI is InChI=1S/C46H59ClN6O5S/c1-11-56-43(54)40(57-45(3,4)5)37-28(2)24-35-41(38(37)29-12-15-32(47)16-13-29)59-42(48-35)31-14-17-36-34(25-31)39(49-53(36)23-22-50(9)10)30-18-20-51(21-19-30)33-26-52(27-33)44(55)58-46(6,7)8/h12-17,24-25,30,33,40H,11,18-23,26-27H2,1-10H3/t40-/m0/s1. The molecular formula is C46H59ClN6O5S. The Bertz CT molecular complexity index is 2310. The number of hydrogen-bond acceptors (Lipinski definition) is 10. The molecule has 316 valence electrons. The van der Waals surface area contributed by atoms with Crippen LogP contribution in [0.1, 0.15) is 90.2 Å². The number of likely N-dealkylation sites (N-methyl/N-ethyl adjacent to an activating group) is 1. The molecule has 3 aromatic carbocycles. The zero-order chi connectivity index (χ0) is 42.4. The second kappa shape index (κ2) is 17.1. The van der Waals surface area contributed by atoms with Gasteiger partial charge in [-0.15, -0.1) is 11.3 Å². The van der Waals surface area contributed by atoms with Crippen LogP contribution >= 0.6 is 22.9 Å². The molecule has 2 aliphatic heterocycles. The summed E-state index contributed by atoms with van der Waals surface area (Å²) in [6.45, 7) is 20.6. The van der Waals surface area contributed by atoms with Gasteiger partial charge in [-0.05, 0) is 143 Å². The highest BCUT2D eigenvalue weighted by Gasteiger charge is 2.39. The molecule has 0 unspecified atom stereocenters. The quantitative estimate of drug-likeness (QED) is 0.120. The summed E-state index contributed by atoms with van der Waals surface area (Å²) in [5.74, 6) is -0.110. The Morgan fingerprint density at radius 1 is 0.966 bits per heavy atom. The fraction of sp³-hybridized carbons (Fsp3) is 0.522. The van der Waals surface area contributed by atoms with E-state index in [9.17, 15) is 9.59 Å². The van der Waals surface area contributed by atoms with Gasteiger partial charge in [-0.25, -0.2) is 14.6 Å². The summed E-state index contributed by atoms with van der Waals surface area (Å²) < 4.78 is 20.9. The maximum Gasteiger partial charge on any atom is 0.410 e. The minimum absolute atomic E-state index is 0.227. The smallest absolute Gasteiger partial charge is 0.410 e. The molecule has 0 radical (unpaired) electrons. The lowest BCUT2D eigenvalue weighted by Gasteiger charge is -2.47. The van der Waals surface area contributed by atoms with Crippen LogP contribution in [0, 0.1) is 6.92 Å². The van der Waals surface area contributed by atoms with E-state index < -0.39 is 23.3 Å². The molecule has 7 rings (SSSR count). The molecule has 4 heterocycles. The highest BCUT2D eigenvalue weighted by atomic mass is 35.5. The molecular weight excluding hydrogens is 784 g/mol. The van der Waals surface area contributed by atoms with Gasteiger partial charge >= 0.3 is 12.1 Å². The van der Waals surface area contributed by atoms with Gasteiger partial charge in [0.15, 0.2) is 6.10 Å². The number of benzene rings is 3. The van der Waals surface area contributed by atoms with Crippen molar-refractivity contribution in [1.29, 1.82) is 0 Å². The fourth-order valence-corrected chi connectivity index (χ4v) is 9.42. The van der Waals surface area contributed by atoms with Crippen molar-refractivity contribution in [2.24, 2.45) is 0 Å². The zero-order valence-electron chi connectivity index (χ0n) is 36.2. The monoisotopic (exact) mass is 842 g/mol. The first kappa shape index (κ1) is 43.0. The third kappa shape index (κ3) is 9.62. The first-order valence-corrected chi connectivity index (χ1v) is 22.0. The lowest BCUT2D eigenvalue weighted by molar-refractivity contribution is -0.166. The van der Waals surface area contributed by atoms with E-state index in [-0.39, 0.29) is 12.7 Å². The van der Waals surface area contributed by atoms with Gasteiger partial charge in [0.1, 0.15) is 10.6 Å². The Labute approximate surface area is 357 Å². The van der Waals surface area contributed by atoms with Crippen LogP contribution in [-0.2, 0) is 25.5 Å². The van der Waals surface area contributed by atoms with E-state index >= 15 is 0 Å². The highest BCUT2D eigenvalue weighted by molar-refractivity contribution is 7.22. The van der Waals surface area contributed by atoms with Crippen LogP contribution in [0.2, 0.25) is 5.02 Å². The fourth-order valence-electron chi connectivity index (χ4n) is 8.18.